The SMILES string of the molecule is CCC(CC)(Cc1c(SC(C)(C)C)c2cc(OCc3ccc4ccccc4n3)ccc2n1Cc1ccc(-c2ccc(OC)nc2)cc1)C(=O)O. The number of hydrogen-bond donors (Lipinski definition) is 1. The molecule has 1 N–H and O–H groups in total. The van der Waals surface area contributed by atoms with Crippen molar-refractivity contribution in [1.29, 1.82) is 0 Å². The molecule has 0 amide bonds. The van der Waals surface area contributed by atoms with Crippen LogP contribution in [0.4, 0.5) is 0 Å². The molecule has 0 unspecified atom stereocenters. The van der Waals surface area contributed by atoms with Gasteiger partial charge in [0.25, 0.3) is 0 Å². The van der Waals surface area contributed by atoms with Gasteiger partial charge in [0.15, 0.2) is 0 Å². The lowest BCUT2D eigenvalue weighted by Gasteiger charge is -2.29. The van der Waals surface area contributed by atoms with Crippen LogP contribution in [0.2, 0.25) is 0 Å². The first-order valence-electron chi connectivity index (χ1n) is 17.2. The van der Waals surface area contributed by atoms with E-state index in [1.165, 1.54) is 0 Å². The Kier molecular flexibility index (Phi) is 10.2. The average Bonchev–Trinajstić information content (AvgIpc) is 3.38. The van der Waals surface area contributed by atoms with Gasteiger partial charge in [0.05, 0.1) is 23.7 Å². The Hall–Kier alpha value is -4.82. The van der Waals surface area contributed by atoms with Gasteiger partial charge in [0, 0.05) is 62.4 Å². The summed E-state index contributed by atoms with van der Waals surface area (Å²) in [5.74, 6) is 0.576. The molecule has 0 aliphatic rings. The van der Waals surface area contributed by atoms with Gasteiger partial charge in [0.2, 0.25) is 5.88 Å². The summed E-state index contributed by atoms with van der Waals surface area (Å²) >= 11 is 1.79. The van der Waals surface area contributed by atoms with Crippen LogP contribution in [0.5, 0.6) is 11.6 Å². The van der Waals surface area contributed by atoms with Crippen LogP contribution in [0.1, 0.15) is 64.4 Å². The fourth-order valence-electron chi connectivity index (χ4n) is 6.42. The second kappa shape index (κ2) is 14.6. The Morgan fingerprint density at radius 1 is 0.900 bits per heavy atom. The Bertz CT molecular complexity index is 2110. The highest BCUT2D eigenvalue weighted by atomic mass is 32.2. The first-order chi connectivity index (χ1) is 24.0. The summed E-state index contributed by atoms with van der Waals surface area (Å²) in [6, 6.07) is 30.8. The number of para-hydroxylation sites is 1. The van der Waals surface area contributed by atoms with Crippen molar-refractivity contribution in [3.63, 3.8) is 0 Å². The maximum atomic E-state index is 12.9. The van der Waals surface area contributed by atoms with Crippen molar-refractivity contribution in [2.75, 3.05) is 7.11 Å². The second-order valence-corrected chi connectivity index (χ2v) is 15.6. The molecular weight excluding hydrogens is 643 g/mol. The lowest BCUT2D eigenvalue weighted by Crippen LogP contribution is -2.33. The molecule has 0 aliphatic carbocycles. The number of methoxy groups -OCH3 is 1. The summed E-state index contributed by atoms with van der Waals surface area (Å²) in [6.45, 7) is 11.5. The molecule has 7 nitrogen and oxygen atoms in total. The Labute approximate surface area is 298 Å². The second-order valence-electron chi connectivity index (χ2n) is 13.8. The summed E-state index contributed by atoms with van der Waals surface area (Å²) < 4.78 is 13.8. The largest absolute Gasteiger partial charge is 0.487 e. The Balaban J connectivity index is 1.41. The maximum absolute atomic E-state index is 12.9. The van der Waals surface area contributed by atoms with Crippen molar-refractivity contribution >= 4 is 39.5 Å². The van der Waals surface area contributed by atoms with E-state index < -0.39 is 11.4 Å². The smallest absolute Gasteiger partial charge is 0.310 e. The number of aromatic nitrogens is 3. The van der Waals surface area contributed by atoms with Gasteiger partial charge in [-0.1, -0.05) is 83.1 Å². The van der Waals surface area contributed by atoms with Crippen LogP contribution in [-0.4, -0.2) is 37.5 Å². The van der Waals surface area contributed by atoms with Crippen molar-refractivity contribution in [3.05, 3.63) is 114 Å². The number of carboxylic acids is 1. The van der Waals surface area contributed by atoms with Gasteiger partial charge in [0.1, 0.15) is 12.4 Å². The molecule has 0 saturated carbocycles. The highest BCUT2D eigenvalue weighted by molar-refractivity contribution is 8.00. The van der Waals surface area contributed by atoms with E-state index in [2.05, 4.69) is 78.9 Å². The number of rotatable bonds is 13. The molecule has 0 radical (unpaired) electrons. The summed E-state index contributed by atoms with van der Waals surface area (Å²) in [7, 11) is 1.61. The number of thioether (sulfide) groups is 1. The van der Waals surface area contributed by atoms with Crippen LogP contribution in [0.15, 0.2) is 102 Å². The van der Waals surface area contributed by atoms with Crippen LogP contribution in [0, 0.1) is 5.41 Å². The van der Waals surface area contributed by atoms with E-state index >= 15 is 0 Å². The van der Waals surface area contributed by atoms with Crippen molar-refractivity contribution in [2.45, 2.75) is 76.7 Å². The van der Waals surface area contributed by atoms with Gasteiger partial charge in [-0.3, -0.25) is 4.79 Å². The lowest BCUT2D eigenvalue weighted by atomic mass is 9.78. The number of carbonyl (C=O) groups is 1. The Morgan fingerprint density at radius 3 is 2.30 bits per heavy atom. The van der Waals surface area contributed by atoms with E-state index in [0.29, 0.717) is 38.3 Å². The van der Waals surface area contributed by atoms with E-state index in [1.807, 2.05) is 62.5 Å². The molecule has 0 bridgehead atoms. The van der Waals surface area contributed by atoms with Crippen LogP contribution >= 0.6 is 11.8 Å². The predicted molar refractivity (Wildman–Crippen MR) is 203 cm³/mol. The molecule has 3 aromatic carbocycles. The molecule has 0 fully saturated rings. The summed E-state index contributed by atoms with van der Waals surface area (Å²) in [6.07, 6.45) is 3.32. The predicted octanol–water partition coefficient (Wildman–Crippen LogP) is 10.2. The minimum atomic E-state index is -0.883. The minimum Gasteiger partial charge on any atom is -0.487 e. The number of pyridine rings is 2. The third kappa shape index (κ3) is 7.50. The molecule has 0 aliphatic heterocycles. The minimum absolute atomic E-state index is 0.113. The van der Waals surface area contributed by atoms with Crippen LogP contribution in [-0.2, 0) is 24.4 Å². The van der Waals surface area contributed by atoms with E-state index in [-0.39, 0.29) is 4.75 Å². The van der Waals surface area contributed by atoms with Crippen LogP contribution < -0.4 is 9.47 Å². The summed E-state index contributed by atoms with van der Waals surface area (Å²) in [5.41, 5.74) is 6.21. The molecule has 6 rings (SSSR count). The Morgan fingerprint density at radius 2 is 1.64 bits per heavy atom. The lowest BCUT2D eigenvalue weighted by molar-refractivity contribution is -0.149. The molecule has 6 aromatic rings. The molecule has 50 heavy (non-hydrogen) atoms. The van der Waals surface area contributed by atoms with Gasteiger partial charge in [-0.05, 0) is 60.4 Å². The molecule has 3 aromatic heterocycles. The molecule has 8 heteroatoms. The van der Waals surface area contributed by atoms with E-state index in [4.69, 9.17) is 14.5 Å². The third-order valence-electron chi connectivity index (χ3n) is 9.43. The molecule has 258 valence electrons. The van der Waals surface area contributed by atoms with E-state index in [9.17, 15) is 9.90 Å². The zero-order chi connectivity index (χ0) is 35.5. The monoisotopic (exact) mass is 687 g/mol. The van der Waals surface area contributed by atoms with Crippen LogP contribution in [0.25, 0.3) is 32.9 Å². The maximum Gasteiger partial charge on any atom is 0.310 e. The number of ether oxygens (including phenoxy) is 2. The van der Waals surface area contributed by atoms with E-state index in [0.717, 1.165) is 60.5 Å². The molecular formula is C42H45N3O4S. The highest BCUT2D eigenvalue weighted by Gasteiger charge is 2.38. The number of benzene rings is 3. The number of hydrogen-bond acceptors (Lipinski definition) is 6. The first-order valence-corrected chi connectivity index (χ1v) is 18.0. The van der Waals surface area contributed by atoms with E-state index in [1.54, 1.807) is 18.9 Å². The van der Waals surface area contributed by atoms with Gasteiger partial charge >= 0.3 is 5.97 Å². The zero-order valence-corrected chi connectivity index (χ0v) is 30.5. The number of aliphatic carboxylic acids is 1. The van der Waals surface area contributed by atoms with Gasteiger partial charge < -0.3 is 19.1 Å². The standard InChI is InChI=1S/C42H45N3O4S/c1-7-42(8-2,40(46)47)24-37-39(50-41(3,4)5)34-23-33(49-27-32-19-17-30-11-9-10-12-35(30)44-32)20-21-36(34)45(37)26-28-13-15-29(16-14-28)31-18-22-38(48-6)43-25-31/h9-23,25H,7-8,24,26-27H2,1-6H3,(H,46,47). The molecule has 3 heterocycles. The number of fused-ring (bicyclic) bond motifs is 2. The quantitative estimate of drug-likeness (QED) is 0.121. The molecule has 0 spiro atoms. The van der Waals surface area contributed by atoms with Crippen LogP contribution in [0.3, 0.4) is 0 Å². The summed E-state index contributed by atoms with van der Waals surface area (Å²) in [4.78, 5) is 23.1. The van der Waals surface area contributed by atoms with Crippen molar-refractivity contribution in [3.8, 4) is 22.8 Å². The van der Waals surface area contributed by atoms with Crippen molar-refractivity contribution < 1.29 is 19.4 Å². The normalized spacial score (nSPS) is 12.0. The molecule has 0 atom stereocenters. The summed E-state index contributed by atoms with van der Waals surface area (Å²) in [5, 5.41) is 12.7. The van der Waals surface area contributed by atoms with Gasteiger partial charge in [-0.25, -0.2) is 9.97 Å². The van der Waals surface area contributed by atoms with Gasteiger partial charge in [-0.2, -0.15) is 0 Å². The zero-order valence-electron chi connectivity index (χ0n) is 29.7. The molecule has 0 saturated heterocycles. The first kappa shape index (κ1) is 35.0. The van der Waals surface area contributed by atoms with Crippen molar-refractivity contribution in [2.24, 2.45) is 5.41 Å². The highest BCUT2D eigenvalue weighted by Crippen LogP contribution is 2.45. The topological polar surface area (TPSA) is 86.5 Å². The third-order valence-corrected chi connectivity index (χ3v) is 10.7. The fourth-order valence-corrected chi connectivity index (χ4v) is 7.61. The van der Waals surface area contributed by atoms with Crippen molar-refractivity contribution in [1.82, 2.24) is 14.5 Å². The van der Waals surface area contributed by atoms with Gasteiger partial charge in [-0.15, -0.1) is 11.8 Å². The fraction of sp³-hybridized carbons (Fsp3) is 0.310. The average molecular weight is 688 g/mol. The number of nitrogens with zero attached hydrogens (tertiary/aromatic N) is 3. The number of carboxylic acid groups (broad SMARTS) is 1.